The van der Waals surface area contributed by atoms with E-state index in [1.165, 1.54) is 0 Å². The van der Waals surface area contributed by atoms with Crippen LogP contribution in [0.3, 0.4) is 0 Å². The molecule has 0 bridgehead atoms. The SMILES string of the molecule is CCCCN1C(=O)NC(c2ccc(C)cc2)C(c2nc(-c3ccc4c(c3)OCO4)no2)=C1C. The van der Waals surface area contributed by atoms with Crippen molar-refractivity contribution in [2.75, 3.05) is 13.3 Å². The van der Waals surface area contributed by atoms with Gasteiger partial charge in [0.2, 0.25) is 12.6 Å². The van der Waals surface area contributed by atoms with Gasteiger partial charge in [0.05, 0.1) is 11.6 Å². The van der Waals surface area contributed by atoms with Gasteiger partial charge in [0.25, 0.3) is 5.89 Å². The molecule has 3 heterocycles. The molecule has 1 atom stereocenters. The van der Waals surface area contributed by atoms with E-state index in [1.54, 1.807) is 4.90 Å². The highest BCUT2D eigenvalue weighted by Gasteiger charge is 2.35. The van der Waals surface area contributed by atoms with E-state index < -0.39 is 0 Å². The fraction of sp³-hybridized carbons (Fsp3) is 0.320. The molecular formula is C25H26N4O4. The van der Waals surface area contributed by atoms with Gasteiger partial charge in [-0.1, -0.05) is 48.3 Å². The van der Waals surface area contributed by atoms with Crippen molar-refractivity contribution >= 4 is 11.6 Å². The second-order valence-electron chi connectivity index (χ2n) is 8.29. The number of nitrogens with one attached hydrogen (secondary N) is 1. The number of carbonyl (C=O) groups is 1. The number of ether oxygens (including phenoxy) is 2. The normalized spacial score (nSPS) is 17.5. The first-order chi connectivity index (χ1) is 16.0. The van der Waals surface area contributed by atoms with Gasteiger partial charge in [0, 0.05) is 17.8 Å². The van der Waals surface area contributed by atoms with Crippen molar-refractivity contribution < 1.29 is 18.8 Å². The van der Waals surface area contributed by atoms with Crippen LogP contribution in [0.1, 0.15) is 49.7 Å². The highest BCUT2D eigenvalue weighted by molar-refractivity contribution is 5.86. The average molecular weight is 447 g/mol. The van der Waals surface area contributed by atoms with Gasteiger partial charge in [-0.25, -0.2) is 4.79 Å². The average Bonchev–Trinajstić information content (AvgIpc) is 3.48. The number of rotatable bonds is 6. The van der Waals surface area contributed by atoms with Crippen molar-refractivity contribution in [2.24, 2.45) is 0 Å². The van der Waals surface area contributed by atoms with Gasteiger partial charge in [0.15, 0.2) is 11.5 Å². The Bertz CT molecular complexity index is 1220. The van der Waals surface area contributed by atoms with Gasteiger partial charge in [-0.15, -0.1) is 0 Å². The lowest BCUT2D eigenvalue weighted by molar-refractivity contribution is 0.174. The molecule has 1 N–H and O–H groups in total. The van der Waals surface area contributed by atoms with Crippen molar-refractivity contribution in [1.82, 2.24) is 20.4 Å². The molecular weight excluding hydrogens is 420 g/mol. The fourth-order valence-electron chi connectivity index (χ4n) is 4.14. The van der Waals surface area contributed by atoms with Crippen molar-refractivity contribution in [2.45, 2.75) is 39.7 Å². The fourth-order valence-corrected chi connectivity index (χ4v) is 4.14. The van der Waals surface area contributed by atoms with E-state index in [-0.39, 0.29) is 18.9 Å². The molecule has 8 nitrogen and oxygen atoms in total. The molecule has 3 aromatic rings. The minimum atomic E-state index is -0.388. The second-order valence-corrected chi connectivity index (χ2v) is 8.29. The number of aromatic nitrogens is 2. The molecule has 2 aliphatic heterocycles. The van der Waals surface area contributed by atoms with E-state index in [4.69, 9.17) is 19.0 Å². The maximum absolute atomic E-state index is 13.0. The number of nitrogens with zero attached hydrogens (tertiary/aromatic N) is 3. The first-order valence-corrected chi connectivity index (χ1v) is 11.1. The van der Waals surface area contributed by atoms with E-state index in [9.17, 15) is 4.79 Å². The standard InChI is InChI=1S/C25H26N4O4/c1-4-5-12-29-16(3)21(22(26-25(29)30)17-8-6-15(2)7-9-17)24-27-23(28-33-24)18-10-11-19-20(13-18)32-14-31-19/h6-11,13,22H,4-5,12,14H2,1-3H3,(H,26,30). The topological polar surface area (TPSA) is 89.7 Å². The van der Waals surface area contributed by atoms with Gasteiger partial charge in [-0.2, -0.15) is 4.98 Å². The largest absolute Gasteiger partial charge is 0.454 e. The van der Waals surface area contributed by atoms with Crippen LogP contribution < -0.4 is 14.8 Å². The molecule has 170 valence electrons. The summed E-state index contributed by atoms with van der Waals surface area (Å²) < 4.78 is 16.6. The summed E-state index contributed by atoms with van der Waals surface area (Å²) in [5.41, 5.74) is 4.49. The lowest BCUT2D eigenvalue weighted by atomic mass is 9.94. The van der Waals surface area contributed by atoms with Crippen LogP contribution in [0.5, 0.6) is 11.5 Å². The minimum Gasteiger partial charge on any atom is -0.454 e. The lowest BCUT2D eigenvalue weighted by Gasteiger charge is -2.35. The van der Waals surface area contributed by atoms with Crippen LogP contribution in [0.15, 0.2) is 52.7 Å². The van der Waals surface area contributed by atoms with E-state index in [1.807, 2.05) is 56.3 Å². The van der Waals surface area contributed by atoms with Crippen LogP contribution in [-0.2, 0) is 0 Å². The Labute approximate surface area is 192 Å². The molecule has 8 heteroatoms. The summed E-state index contributed by atoms with van der Waals surface area (Å²) in [5.74, 6) is 2.18. The Morgan fingerprint density at radius 3 is 2.67 bits per heavy atom. The van der Waals surface area contributed by atoms with Crippen LogP contribution in [0.2, 0.25) is 0 Å². The van der Waals surface area contributed by atoms with Crippen LogP contribution in [0.25, 0.3) is 17.0 Å². The zero-order valence-corrected chi connectivity index (χ0v) is 18.9. The van der Waals surface area contributed by atoms with Crippen molar-refractivity contribution in [1.29, 1.82) is 0 Å². The summed E-state index contributed by atoms with van der Waals surface area (Å²) in [4.78, 5) is 19.4. The summed E-state index contributed by atoms with van der Waals surface area (Å²) >= 11 is 0. The molecule has 1 aromatic heterocycles. The lowest BCUT2D eigenvalue weighted by Crippen LogP contribution is -2.46. The zero-order valence-electron chi connectivity index (χ0n) is 18.9. The number of unbranched alkanes of at least 4 members (excludes halogenated alkanes) is 1. The third-order valence-electron chi connectivity index (χ3n) is 6.03. The van der Waals surface area contributed by atoms with E-state index in [0.29, 0.717) is 29.8 Å². The maximum atomic E-state index is 13.0. The van der Waals surface area contributed by atoms with Crippen LogP contribution in [0, 0.1) is 6.92 Å². The van der Waals surface area contributed by atoms with E-state index >= 15 is 0 Å². The number of urea groups is 1. The van der Waals surface area contributed by atoms with Gasteiger partial charge >= 0.3 is 6.03 Å². The van der Waals surface area contributed by atoms with Gasteiger partial charge in [-0.3, -0.25) is 4.90 Å². The zero-order chi connectivity index (χ0) is 22.9. The highest BCUT2D eigenvalue weighted by atomic mass is 16.7. The Morgan fingerprint density at radius 2 is 1.88 bits per heavy atom. The number of aryl methyl sites for hydroxylation is 1. The molecule has 2 aromatic carbocycles. The van der Waals surface area contributed by atoms with Crippen molar-refractivity contribution in [3.8, 4) is 22.9 Å². The number of allylic oxidation sites excluding steroid dienone is 1. The first kappa shape index (κ1) is 21.1. The molecule has 5 rings (SSSR count). The molecule has 0 aliphatic carbocycles. The predicted molar refractivity (Wildman–Crippen MR) is 123 cm³/mol. The summed E-state index contributed by atoms with van der Waals surface area (Å²) in [7, 11) is 0. The van der Waals surface area contributed by atoms with E-state index in [2.05, 4.69) is 17.4 Å². The van der Waals surface area contributed by atoms with Gasteiger partial charge in [0.1, 0.15) is 0 Å². The summed E-state index contributed by atoms with van der Waals surface area (Å²) in [6.45, 7) is 6.91. The summed E-state index contributed by atoms with van der Waals surface area (Å²) in [6, 6.07) is 13.1. The molecule has 0 saturated heterocycles. The number of hydrogen-bond acceptors (Lipinski definition) is 6. The molecule has 0 radical (unpaired) electrons. The second kappa shape index (κ2) is 8.61. The number of amides is 2. The number of hydrogen-bond donors (Lipinski definition) is 1. The molecule has 1 unspecified atom stereocenters. The van der Waals surface area contributed by atoms with Crippen molar-refractivity contribution in [3.63, 3.8) is 0 Å². The number of carbonyl (C=O) groups excluding carboxylic acids is 1. The summed E-state index contributed by atoms with van der Waals surface area (Å²) in [6.07, 6.45) is 1.89. The van der Waals surface area contributed by atoms with Gasteiger partial charge in [-0.05, 0) is 44.0 Å². The molecule has 0 spiro atoms. The smallest absolute Gasteiger partial charge is 0.322 e. The molecule has 33 heavy (non-hydrogen) atoms. The summed E-state index contributed by atoms with van der Waals surface area (Å²) in [5, 5.41) is 7.36. The third-order valence-corrected chi connectivity index (χ3v) is 6.03. The van der Waals surface area contributed by atoms with Crippen molar-refractivity contribution in [3.05, 3.63) is 65.2 Å². The minimum absolute atomic E-state index is 0.120. The Balaban J connectivity index is 1.56. The first-order valence-electron chi connectivity index (χ1n) is 11.1. The molecule has 2 aliphatic rings. The maximum Gasteiger partial charge on any atom is 0.322 e. The molecule has 0 saturated carbocycles. The quantitative estimate of drug-likeness (QED) is 0.569. The van der Waals surface area contributed by atoms with Crippen LogP contribution in [-0.4, -0.2) is 34.4 Å². The Morgan fingerprint density at radius 1 is 1.09 bits per heavy atom. The number of benzene rings is 2. The Kier molecular flexibility index (Phi) is 5.50. The highest BCUT2D eigenvalue weighted by Crippen LogP contribution is 2.39. The number of fused-ring (bicyclic) bond motifs is 1. The molecule has 2 amide bonds. The van der Waals surface area contributed by atoms with E-state index in [0.717, 1.165) is 40.8 Å². The molecule has 0 fully saturated rings. The third kappa shape index (κ3) is 3.92. The van der Waals surface area contributed by atoms with Crippen LogP contribution >= 0.6 is 0 Å². The predicted octanol–water partition coefficient (Wildman–Crippen LogP) is 5.07. The van der Waals surface area contributed by atoms with Gasteiger partial charge < -0.3 is 19.3 Å². The monoisotopic (exact) mass is 446 g/mol. The Hall–Kier alpha value is -3.81. The van der Waals surface area contributed by atoms with Crippen LogP contribution in [0.4, 0.5) is 4.79 Å².